The van der Waals surface area contributed by atoms with E-state index < -0.39 is 0 Å². The molecule has 5 N–H and O–H groups in total. The minimum atomic E-state index is 0.430. The highest BCUT2D eigenvalue weighted by molar-refractivity contribution is 5.96. The highest BCUT2D eigenvalue weighted by atomic mass is 16.6. The normalized spacial score (nSPS) is 10.8. The Morgan fingerprint density at radius 3 is 2.92 bits per heavy atom. The molecule has 0 fully saturated rings. The average molecular weight is 166 g/mol. The summed E-state index contributed by atoms with van der Waals surface area (Å²) in [4.78, 5) is 8.00. The van der Waals surface area contributed by atoms with Crippen LogP contribution >= 0.6 is 0 Å². The Hall–Kier alpha value is -1.78. The maximum atomic E-state index is 5.71. The Balaban J connectivity index is 2.88. The fourth-order valence-electron chi connectivity index (χ4n) is 1.30. The van der Waals surface area contributed by atoms with E-state index in [0.717, 1.165) is 11.0 Å². The van der Waals surface area contributed by atoms with E-state index in [2.05, 4.69) is 4.98 Å². The predicted octanol–water partition coefficient (Wildman–Crippen LogP) is 0.192. The molecule has 0 aliphatic carbocycles. The van der Waals surface area contributed by atoms with Crippen LogP contribution in [0.15, 0.2) is 12.3 Å². The lowest BCUT2D eigenvalue weighted by Gasteiger charge is -2.02. The monoisotopic (exact) mass is 166 g/mol. The van der Waals surface area contributed by atoms with Crippen LogP contribution in [-0.2, 0) is 0 Å². The lowest BCUT2D eigenvalue weighted by Crippen LogP contribution is -2.09. The Labute approximate surface area is 68.9 Å². The van der Waals surface area contributed by atoms with Crippen molar-refractivity contribution < 1.29 is 4.84 Å². The van der Waals surface area contributed by atoms with Crippen molar-refractivity contribution >= 4 is 22.5 Å². The molecule has 2 aromatic heterocycles. The number of rotatable bonds is 1. The number of anilines is 2. The Morgan fingerprint density at radius 1 is 1.50 bits per heavy atom. The summed E-state index contributed by atoms with van der Waals surface area (Å²) in [6, 6.07) is 1.86. The molecule has 2 heterocycles. The van der Waals surface area contributed by atoms with Crippen LogP contribution in [0.5, 0.6) is 0 Å². The lowest BCUT2D eigenvalue weighted by atomic mass is 10.3. The summed E-state index contributed by atoms with van der Waals surface area (Å²) in [5.74, 6) is 0.430. The van der Waals surface area contributed by atoms with Gasteiger partial charge in [0.2, 0.25) is 0 Å². The number of aromatic nitrogens is 2. The van der Waals surface area contributed by atoms with Crippen molar-refractivity contribution in [2.45, 2.75) is 0 Å². The zero-order valence-electron chi connectivity index (χ0n) is 6.66. The second-order valence-corrected chi connectivity index (χ2v) is 2.52. The molecular weight excluding hydrogens is 156 g/mol. The van der Waals surface area contributed by atoms with Gasteiger partial charge < -0.3 is 21.3 Å². The van der Waals surface area contributed by atoms with Crippen molar-refractivity contribution in [1.29, 1.82) is 0 Å². The van der Waals surface area contributed by atoms with E-state index >= 15 is 0 Å². The fraction of sp³-hybridized carbons (Fsp3) is 0.143. The number of nitrogen functional groups attached to an aromatic ring is 2. The van der Waals surface area contributed by atoms with Gasteiger partial charge >= 0.3 is 0 Å². The minimum Gasteiger partial charge on any atom is -0.414 e. The molecule has 0 saturated heterocycles. The first-order chi connectivity index (χ1) is 5.75. The highest BCUT2D eigenvalue weighted by Gasteiger charge is 2.12. The summed E-state index contributed by atoms with van der Waals surface area (Å²) in [5.41, 5.74) is 12.7. The molecule has 0 unspecified atom stereocenters. The average Bonchev–Trinajstić information content (AvgIpc) is 2.59. The molecule has 0 aromatic carbocycles. The molecule has 0 saturated carbocycles. The van der Waals surface area contributed by atoms with Gasteiger partial charge in [-0.3, -0.25) is 0 Å². The van der Waals surface area contributed by atoms with Gasteiger partial charge in [0.05, 0.1) is 5.69 Å². The molecule has 0 spiro atoms. The van der Waals surface area contributed by atoms with Crippen LogP contribution in [0.3, 0.4) is 0 Å². The van der Waals surface area contributed by atoms with Crippen molar-refractivity contribution in [2.24, 2.45) is 0 Å². The van der Waals surface area contributed by atoms with Gasteiger partial charge in [-0.25, -0.2) is 0 Å². The Bertz CT molecular complexity index is 414. The van der Waals surface area contributed by atoms with Gasteiger partial charge in [-0.15, -0.1) is 4.73 Å². The molecule has 64 valence electrons. The van der Waals surface area contributed by atoms with Gasteiger partial charge in [-0.05, 0) is 6.07 Å². The van der Waals surface area contributed by atoms with Crippen LogP contribution in [-0.4, -0.2) is 16.8 Å². The molecule has 2 aromatic rings. The van der Waals surface area contributed by atoms with Gasteiger partial charge in [0.25, 0.3) is 0 Å². The van der Waals surface area contributed by atoms with E-state index in [1.165, 1.54) is 11.8 Å². The number of hydrogen-bond acceptors (Lipinski definition) is 3. The van der Waals surface area contributed by atoms with E-state index in [-0.39, 0.29) is 0 Å². The quantitative estimate of drug-likeness (QED) is 0.565. The third-order valence-electron chi connectivity index (χ3n) is 1.90. The first-order valence-corrected chi connectivity index (χ1v) is 3.53. The van der Waals surface area contributed by atoms with Crippen LogP contribution in [0.25, 0.3) is 11.0 Å². The summed E-state index contributed by atoms with van der Waals surface area (Å²) in [6.07, 6.45) is 1.79. The number of nitrogens with two attached hydrogens (primary N) is 2. The number of nitrogens with one attached hydrogen (secondary N) is 1. The SMILES string of the molecule is COn1c(N)c(N)c2cc[nH]c21. The highest BCUT2D eigenvalue weighted by Crippen LogP contribution is 2.28. The minimum absolute atomic E-state index is 0.430. The molecule has 5 heteroatoms. The molecule has 0 bridgehead atoms. The molecule has 0 aliphatic rings. The number of H-pyrrole nitrogens is 1. The largest absolute Gasteiger partial charge is 0.414 e. The molecule has 0 radical (unpaired) electrons. The van der Waals surface area contributed by atoms with Gasteiger partial charge in [0, 0.05) is 11.6 Å². The number of fused-ring (bicyclic) bond motifs is 1. The van der Waals surface area contributed by atoms with E-state index in [1.807, 2.05) is 6.07 Å². The summed E-state index contributed by atoms with van der Waals surface area (Å²) in [7, 11) is 1.54. The number of aromatic amines is 1. The zero-order valence-corrected chi connectivity index (χ0v) is 6.66. The van der Waals surface area contributed by atoms with E-state index in [1.54, 1.807) is 6.20 Å². The molecule has 12 heavy (non-hydrogen) atoms. The van der Waals surface area contributed by atoms with Crippen molar-refractivity contribution in [3.63, 3.8) is 0 Å². The van der Waals surface area contributed by atoms with Crippen LogP contribution < -0.4 is 16.3 Å². The third-order valence-corrected chi connectivity index (χ3v) is 1.90. The van der Waals surface area contributed by atoms with Gasteiger partial charge in [-0.1, -0.05) is 0 Å². The number of nitrogens with zero attached hydrogens (tertiary/aromatic N) is 1. The van der Waals surface area contributed by atoms with Crippen LogP contribution in [0.2, 0.25) is 0 Å². The van der Waals surface area contributed by atoms with Crippen molar-refractivity contribution in [3.05, 3.63) is 12.3 Å². The first-order valence-electron chi connectivity index (χ1n) is 3.53. The molecule has 2 rings (SSSR count). The summed E-state index contributed by atoms with van der Waals surface area (Å²) >= 11 is 0. The maximum absolute atomic E-state index is 5.71. The van der Waals surface area contributed by atoms with E-state index in [4.69, 9.17) is 16.3 Å². The molecular formula is C7H10N4O. The second-order valence-electron chi connectivity index (χ2n) is 2.52. The molecule has 0 amide bonds. The van der Waals surface area contributed by atoms with Gasteiger partial charge in [0.15, 0.2) is 11.5 Å². The van der Waals surface area contributed by atoms with Crippen LogP contribution in [0.4, 0.5) is 11.5 Å². The van der Waals surface area contributed by atoms with Crippen molar-refractivity contribution in [3.8, 4) is 0 Å². The zero-order chi connectivity index (χ0) is 8.72. The smallest absolute Gasteiger partial charge is 0.166 e. The van der Waals surface area contributed by atoms with E-state index in [0.29, 0.717) is 11.5 Å². The molecule has 5 nitrogen and oxygen atoms in total. The second kappa shape index (κ2) is 2.10. The lowest BCUT2D eigenvalue weighted by molar-refractivity contribution is 0.183. The summed E-state index contributed by atoms with van der Waals surface area (Å²) in [6.45, 7) is 0. The van der Waals surface area contributed by atoms with Crippen LogP contribution in [0.1, 0.15) is 0 Å². The first kappa shape index (κ1) is 6.90. The van der Waals surface area contributed by atoms with Crippen molar-refractivity contribution in [1.82, 2.24) is 9.71 Å². The maximum Gasteiger partial charge on any atom is 0.166 e. The Morgan fingerprint density at radius 2 is 2.25 bits per heavy atom. The molecule has 0 atom stereocenters. The summed E-state index contributed by atoms with van der Waals surface area (Å²) < 4.78 is 1.46. The van der Waals surface area contributed by atoms with Gasteiger partial charge in [-0.2, -0.15) is 0 Å². The standard InChI is InChI=1S/C7H10N4O/c1-12-11-6(9)5(8)4-2-3-10-7(4)11/h2-3,10H,8-9H2,1H3. The fourth-order valence-corrected chi connectivity index (χ4v) is 1.30. The van der Waals surface area contributed by atoms with Crippen LogP contribution in [0, 0.1) is 0 Å². The topological polar surface area (TPSA) is 82.0 Å². The van der Waals surface area contributed by atoms with Gasteiger partial charge in [0.1, 0.15) is 7.11 Å². The Kier molecular flexibility index (Phi) is 1.21. The number of hydrogen-bond donors (Lipinski definition) is 3. The van der Waals surface area contributed by atoms with E-state index in [9.17, 15) is 0 Å². The third kappa shape index (κ3) is 0.623. The summed E-state index contributed by atoms with van der Waals surface area (Å²) in [5, 5.41) is 0.884. The predicted molar refractivity (Wildman–Crippen MR) is 47.6 cm³/mol. The molecule has 0 aliphatic heterocycles. The van der Waals surface area contributed by atoms with Crippen molar-refractivity contribution in [2.75, 3.05) is 18.6 Å².